The summed E-state index contributed by atoms with van der Waals surface area (Å²) in [4.78, 5) is 22.7. The van der Waals surface area contributed by atoms with Crippen LogP contribution in [0.5, 0.6) is 5.75 Å². The highest BCUT2D eigenvalue weighted by Gasteiger charge is 2.37. The molecule has 2 heterocycles. The summed E-state index contributed by atoms with van der Waals surface area (Å²) in [6, 6.07) is 8.73. The van der Waals surface area contributed by atoms with Crippen molar-refractivity contribution in [3.8, 4) is 5.75 Å². The Morgan fingerprint density at radius 1 is 1.31 bits per heavy atom. The highest BCUT2D eigenvalue weighted by Crippen LogP contribution is 2.23. The number of carbonyl (C=O) groups excluding carboxylic acids is 1. The van der Waals surface area contributed by atoms with Crippen LogP contribution in [0.25, 0.3) is 0 Å². The van der Waals surface area contributed by atoms with Crippen LogP contribution >= 0.6 is 0 Å². The van der Waals surface area contributed by atoms with Crippen molar-refractivity contribution < 1.29 is 14.6 Å². The van der Waals surface area contributed by atoms with Gasteiger partial charge in [-0.1, -0.05) is 0 Å². The molecule has 138 valence electrons. The van der Waals surface area contributed by atoms with Gasteiger partial charge in [0.05, 0.1) is 12.6 Å². The lowest BCUT2D eigenvalue weighted by Crippen LogP contribution is -2.45. The lowest BCUT2D eigenvalue weighted by Gasteiger charge is -2.23. The first kappa shape index (κ1) is 18.1. The van der Waals surface area contributed by atoms with E-state index < -0.39 is 5.60 Å². The quantitative estimate of drug-likeness (QED) is 0.818. The largest absolute Gasteiger partial charge is 0.491 e. The summed E-state index contributed by atoms with van der Waals surface area (Å²) in [5.74, 6) is 1.10. The maximum absolute atomic E-state index is 12.3. The number of β-amino-alcohol motifs (C(OH)–C–C–N with tert-alkyl or cyclic N) is 1. The summed E-state index contributed by atoms with van der Waals surface area (Å²) in [7, 11) is 0. The van der Waals surface area contributed by atoms with Crippen LogP contribution in [0.3, 0.4) is 0 Å². The Morgan fingerprint density at radius 2 is 2.00 bits per heavy atom. The van der Waals surface area contributed by atoms with Crippen LogP contribution in [0.15, 0.2) is 42.7 Å². The van der Waals surface area contributed by atoms with Crippen LogP contribution in [0.2, 0.25) is 0 Å². The molecule has 26 heavy (non-hydrogen) atoms. The molecule has 3 rings (SSSR count). The van der Waals surface area contributed by atoms with Gasteiger partial charge in [0.15, 0.2) is 0 Å². The second-order valence-electron chi connectivity index (χ2n) is 6.82. The number of nitrogens with zero attached hydrogens (tertiary/aromatic N) is 3. The zero-order valence-corrected chi connectivity index (χ0v) is 15.1. The predicted molar refractivity (Wildman–Crippen MR) is 98.4 cm³/mol. The van der Waals surface area contributed by atoms with Crippen LogP contribution in [-0.4, -0.2) is 52.3 Å². The molecule has 7 nitrogen and oxygen atoms in total. The highest BCUT2D eigenvalue weighted by molar-refractivity contribution is 5.94. The molecule has 1 atom stereocenters. The van der Waals surface area contributed by atoms with Gasteiger partial charge in [0.1, 0.15) is 11.4 Å². The molecule has 1 aliphatic rings. The molecule has 1 fully saturated rings. The predicted octanol–water partition coefficient (Wildman–Crippen LogP) is 1.63. The Hall–Kier alpha value is -2.67. The van der Waals surface area contributed by atoms with E-state index in [-0.39, 0.29) is 18.6 Å². The number of rotatable bonds is 6. The second kappa shape index (κ2) is 7.70. The minimum absolute atomic E-state index is 0.0860. The zero-order valence-electron chi connectivity index (χ0n) is 15.1. The van der Waals surface area contributed by atoms with Gasteiger partial charge in [-0.05, 0) is 50.6 Å². The number of carbonyl (C=O) groups is 1. The fraction of sp³-hybridized carbons (Fsp3) is 0.421. The van der Waals surface area contributed by atoms with E-state index in [9.17, 15) is 9.90 Å². The van der Waals surface area contributed by atoms with E-state index in [4.69, 9.17) is 4.74 Å². The first-order chi connectivity index (χ1) is 12.5. The standard InChI is InChI=1S/C19H24N4O3/c1-14(2)26-16-6-4-15(5-7-16)17(24)22-12-19(25)8-11-23(13-19)18-20-9-3-10-21-18/h3-7,9-10,14,25H,8,11-13H2,1-2H3,(H,22,24)/t19-/m0/s1. The molecule has 7 heteroatoms. The molecule has 2 N–H and O–H groups in total. The number of ether oxygens (including phenoxy) is 1. The van der Waals surface area contributed by atoms with Crippen LogP contribution < -0.4 is 15.0 Å². The van der Waals surface area contributed by atoms with E-state index in [0.29, 0.717) is 31.0 Å². The van der Waals surface area contributed by atoms with Gasteiger partial charge >= 0.3 is 0 Å². The number of hydrogen-bond donors (Lipinski definition) is 2. The molecule has 1 aliphatic heterocycles. The Balaban J connectivity index is 1.54. The van der Waals surface area contributed by atoms with Gasteiger partial charge in [0.25, 0.3) is 5.91 Å². The van der Waals surface area contributed by atoms with Gasteiger partial charge in [0.2, 0.25) is 5.95 Å². The molecule has 1 aromatic carbocycles. The van der Waals surface area contributed by atoms with Crippen molar-refractivity contribution in [2.45, 2.75) is 32.0 Å². The van der Waals surface area contributed by atoms with E-state index in [1.165, 1.54) is 0 Å². The monoisotopic (exact) mass is 356 g/mol. The molecule has 0 bridgehead atoms. The zero-order chi connectivity index (χ0) is 18.6. The summed E-state index contributed by atoms with van der Waals surface area (Å²) in [5, 5.41) is 13.5. The molecule has 0 radical (unpaired) electrons. The van der Waals surface area contributed by atoms with Crippen molar-refractivity contribution in [3.05, 3.63) is 48.3 Å². The number of aliphatic hydroxyl groups is 1. The average molecular weight is 356 g/mol. The van der Waals surface area contributed by atoms with Crippen LogP contribution in [0, 0.1) is 0 Å². The van der Waals surface area contributed by atoms with Gasteiger partial charge < -0.3 is 20.1 Å². The topological polar surface area (TPSA) is 87.6 Å². The molecule has 1 aromatic heterocycles. The molecule has 1 saturated heterocycles. The fourth-order valence-electron chi connectivity index (χ4n) is 2.93. The van der Waals surface area contributed by atoms with Crippen molar-refractivity contribution in [1.29, 1.82) is 0 Å². The van der Waals surface area contributed by atoms with Gasteiger partial charge in [-0.15, -0.1) is 0 Å². The Bertz CT molecular complexity index is 736. The van der Waals surface area contributed by atoms with E-state index in [1.54, 1.807) is 42.7 Å². The number of amides is 1. The lowest BCUT2D eigenvalue weighted by atomic mass is 10.0. The Morgan fingerprint density at radius 3 is 2.65 bits per heavy atom. The van der Waals surface area contributed by atoms with E-state index in [2.05, 4.69) is 15.3 Å². The van der Waals surface area contributed by atoms with Crippen molar-refractivity contribution in [3.63, 3.8) is 0 Å². The number of anilines is 1. The Kier molecular flexibility index (Phi) is 5.37. The second-order valence-corrected chi connectivity index (χ2v) is 6.82. The first-order valence-corrected chi connectivity index (χ1v) is 8.74. The molecule has 0 unspecified atom stereocenters. The SMILES string of the molecule is CC(C)Oc1ccc(C(=O)NC[C@@]2(O)CCN(c3ncccn3)C2)cc1. The normalized spacial score (nSPS) is 19.6. The first-order valence-electron chi connectivity index (χ1n) is 8.74. The average Bonchev–Trinajstić information content (AvgIpc) is 3.03. The van der Waals surface area contributed by atoms with Crippen LogP contribution in [0.1, 0.15) is 30.6 Å². The number of aromatic nitrogens is 2. The van der Waals surface area contributed by atoms with Crippen molar-refractivity contribution in [2.24, 2.45) is 0 Å². The van der Waals surface area contributed by atoms with Crippen LogP contribution in [0.4, 0.5) is 5.95 Å². The lowest BCUT2D eigenvalue weighted by molar-refractivity contribution is 0.0575. The maximum Gasteiger partial charge on any atom is 0.251 e. The molecule has 2 aromatic rings. The minimum atomic E-state index is -0.991. The summed E-state index contributed by atoms with van der Waals surface area (Å²) in [6.07, 6.45) is 3.98. The maximum atomic E-state index is 12.3. The van der Waals surface area contributed by atoms with Gasteiger partial charge in [-0.2, -0.15) is 0 Å². The van der Waals surface area contributed by atoms with E-state index >= 15 is 0 Å². The molecule has 1 amide bonds. The molecular formula is C19H24N4O3. The fourth-order valence-corrected chi connectivity index (χ4v) is 2.93. The molecule has 0 aliphatic carbocycles. The summed E-state index contributed by atoms with van der Waals surface area (Å²) >= 11 is 0. The van der Waals surface area contributed by atoms with Crippen molar-refractivity contribution in [1.82, 2.24) is 15.3 Å². The third-order valence-corrected chi connectivity index (χ3v) is 4.23. The Labute approximate surface area is 153 Å². The minimum Gasteiger partial charge on any atom is -0.491 e. The van der Waals surface area contributed by atoms with Crippen molar-refractivity contribution >= 4 is 11.9 Å². The highest BCUT2D eigenvalue weighted by atomic mass is 16.5. The van der Waals surface area contributed by atoms with Gasteiger partial charge in [-0.25, -0.2) is 9.97 Å². The molecule has 0 saturated carbocycles. The number of nitrogens with one attached hydrogen (secondary N) is 1. The smallest absolute Gasteiger partial charge is 0.251 e. The van der Waals surface area contributed by atoms with Gasteiger partial charge in [-0.3, -0.25) is 4.79 Å². The summed E-state index contributed by atoms with van der Waals surface area (Å²) < 4.78 is 5.57. The van der Waals surface area contributed by atoms with E-state index in [1.807, 2.05) is 18.7 Å². The summed E-state index contributed by atoms with van der Waals surface area (Å²) in [5.41, 5.74) is -0.457. The van der Waals surface area contributed by atoms with Gasteiger partial charge in [0, 0.05) is 31.0 Å². The molecule has 0 spiro atoms. The third-order valence-electron chi connectivity index (χ3n) is 4.23. The number of benzene rings is 1. The summed E-state index contributed by atoms with van der Waals surface area (Å²) in [6.45, 7) is 5.12. The number of hydrogen-bond acceptors (Lipinski definition) is 6. The van der Waals surface area contributed by atoms with Crippen molar-refractivity contribution in [2.75, 3.05) is 24.5 Å². The van der Waals surface area contributed by atoms with E-state index in [0.717, 1.165) is 5.75 Å². The third kappa shape index (κ3) is 4.49. The molecular weight excluding hydrogens is 332 g/mol. The van der Waals surface area contributed by atoms with Crippen LogP contribution in [-0.2, 0) is 0 Å².